The van der Waals surface area contributed by atoms with Crippen molar-refractivity contribution in [2.75, 3.05) is 7.05 Å². The second kappa shape index (κ2) is 7.01. The Hall–Kier alpha value is -0.940. The van der Waals surface area contributed by atoms with E-state index in [4.69, 9.17) is 0 Å². The Balaban J connectivity index is 2.08. The van der Waals surface area contributed by atoms with Crippen LogP contribution in [0.25, 0.3) is 0 Å². The summed E-state index contributed by atoms with van der Waals surface area (Å²) in [6, 6.07) is 15.7. The van der Waals surface area contributed by atoms with Gasteiger partial charge < -0.3 is 5.32 Å². The van der Waals surface area contributed by atoms with E-state index < -0.39 is 0 Å². The summed E-state index contributed by atoms with van der Waals surface area (Å²) in [6.45, 7) is 0. The van der Waals surface area contributed by atoms with E-state index in [9.17, 15) is 4.39 Å². The first-order valence-corrected chi connectivity index (χ1v) is 7.44. The maximum Gasteiger partial charge on any atom is 0.124 e. The lowest BCUT2D eigenvalue weighted by atomic mass is 9.99. The molecule has 3 heteroatoms. The highest BCUT2D eigenvalue weighted by Crippen LogP contribution is 2.24. The summed E-state index contributed by atoms with van der Waals surface area (Å²) < 4.78 is 14.1. The molecular formula is C16H17FIN. The van der Waals surface area contributed by atoms with E-state index in [-0.39, 0.29) is 11.9 Å². The first-order valence-electron chi connectivity index (χ1n) is 6.37. The normalized spacial score (nSPS) is 12.4. The molecule has 0 aliphatic carbocycles. The van der Waals surface area contributed by atoms with Crippen LogP contribution >= 0.6 is 22.6 Å². The standard InChI is InChI=1S/C16H17FIN/c1-19-16(10-7-12-5-3-2-4-6-12)14-9-8-13(17)11-15(14)18/h2-6,8-9,11,16,19H,7,10H2,1H3. The summed E-state index contributed by atoms with van der Waals surface area (Å²) in [5.74, 6) is -0.175. The molecule has 0 aliphatic heterocycles. The van der Waals surface area contributed by atoms with Gasteiger partial charge in [0, 0.05) is 9.61 Å². The third-order valence-corrected chi connectivity index (χ3v) is 4.19. The Labute approximate surface area is 127 Å². The number of hydrogen-bond acceptors (Lipinski definition) is 1. The summed E-state index contributed by atoms with van der Waals surface area (Å²) in [6.07, 6.45) is 2.02. The summed E-state index contributed by atoms with van der Waals surface area (Å²) in [4.78, 5) is 0. The summed E-state index contributed by atoms with van der Waals surface area (Å²) in [5.41, 5.74) is 2.50. The number of aryl methyl sites for hydroxylation is 1. The van der Waals surface area contributed by atoms with Crippen LogP contribution in [0.2, 0.25) is 0 Å². The lowest BCUT2D eigenvalue weighted by molar-refractivity contribution is 0.544. The van der Waals surface area contributed by atoms with Gasteiger partial charge in [-0.1, -0.05) is 36.4 Å². The third kappa shape index (κ3) is 4.01. The summed E-state index contributed by atoms with van der Waals surface area (Å²) in [7, 11) is 1.95. The van der Waals surface area contributed by atoms with Crippen LogP contribution in [0.5, 0.6) is 0 Å². The Kier molecular flexibility index (Phi) is 5.34. The van der Waals surface area contributed by atoms with Crippen molar-refractivity contribution in [3.63, 3.8) is 0 Å². The minimum Gasteiger partial charge on any atom is -0.313 e. The molecule has 1 atom stereocenters. The van der Waals surface area contributed by atoms with E-state index in [0.717, 1.165) is 16.4 Å². The second-order valence-electron chi connectivity index (χ2n) is 4.53. The van der Waals surface area contributed by atoms with Crippen LogP contribution in [0.15, 0.2) is 48.5 Å². The number of rotatable bonds is 5. The zero-order valence-corrected chi connectivity index (χ0v) is 13.0. The maximum absolute atomic E-state index is 13.1. The number of halogens is 2. The molecule has 2 rings (SSSR count). The molecule has 0 spiro atoms. The van der Waals surface area contributed by atoms with Crippen molar-refractivity contribution in [2.24, 2.45) is 0 Å². The zero-order chi connectivity index (χ0) is 13.7. The molecule has 1 unspecified atom stereocenters. The SMILES string of the molecule is CNC(CCc1ccccc1)c1ccc(F)cc1I. The topological polar surface area (TPSA) is 12.0 Å². The van der Waals surface area contributed by atoms with Crippen molar-refractivity contribution in [1.29, 1.82) is 0 Å². The van der Waals surface area contributed by atoms with Crippen molar-refractivity contribution in [1.82, 2.24) is 5.32 Å². The Bertz CT molecular complexity index is 528. The van der Waals surface area contributed by atoms with Gasteiger partial charge in [-0.25, -0.2) is 4.39 Å². The van der Waals surface area contributed by atoms with Gasteiger partial charge in [0.2, 0.25) is 0 Å². The van der Waals surface area contributed by atoms with Crippen molar-refractivity contribution >= 4 is 22.6 Å². The van der Waals surface area contributed by atoms with Crippen LogP contribution in [-0.4, -0.2) is 7.05 Å². The van der Waals surface area contributed by atoms with Crippen molar-refractivity contribution in [2.45, 2.75) is 18.9 Å². The van der Waals surface area contributed by atoms with E-state index in [2.05, 4.69) is 52.2 Å². The molecule has 0 heterocycles. The Morgan fingerprint density at radius 1 is 1.16 bits per heavy atom. The molecule has 0 aromatic heterocycles. The average molecular weight is 369 g/mol. The zero-order valence-electron chi connectivity index (χ0n) is 10.9. The molecule has 1 N–H and O–H groups in total. The quantitative estimate of drug-likeness (QED) is 0.774. The van der Waals surface area contributed by atoms with Crippen molar-refractivity contribution < 1.29 is 4.39 Å². The minimum absolute atomic E-state index is 0.175. The molecule has 19 heavy (non-hydrogen) atoms. The van der Waals surface area contributed by atoms with Gasteiger partial charge in [0.15, 0.2) is 0 Å². The monoisotopic (exact) mass is 369 g/mol. The fourth-order valence-corrected chi connectivity index (χ4v) is 3.05. The molecule has 0 bridgehead atoms. The largest absolute Gasteiger partial charge is 0.313 e. The molecule has 0 saturated carbocycles. The van der Waals surface area contributed by atoms with E-state index in [0.29, 0.717) is 0 Å². The molecule has 1 nitrogen and oxygen atoms in total. The molecule has 0 amide bonds. The van der Waals surface area contributed by atoms with Crippen LogP contribution in [0.3, 0.4) is 0 Å². The van der Waals surface area contributed by atoms with Crippen LogP contribution in [0, 0.1) is 9.39 Å². The Morgan fingerprint density at radius 2 is 1.89 bits per heavy atom. The molecule has 0 saturated heterocycles. The number of hydrogen-bond donors (Lipinski definition) is 1. The van der Waals surface area contributed by atoms with Gasteiger partial charge >= 0.3 is 0 Å². The van der Waals surface area contributed by atoms with Gasteiger partial charge in [0.25, 0.3) is 0 Å². The van der Waals surface area contributed by atoms with Crippen LogP contribution in [0.4, 0.5) is 4.39 Å². The van der Waals surface area contributed by atoms with Crippen LogP contribution in [-0.2, 0) is 6.42 Å². The second-order valence-corrected chi connectivity index (χ2v) is 5.69. The fourth-order valence-electron chi connectivity index (χ4n) is 2.20. The smallest absolute Gasteiger partial charge is 0.124 e. The molecule has 100 valence electrons. The van der Waals surface area contributed by atoms with Gasteiger partial charge in [-0.15, -0.1) is 0 Å². The minimum atomic E-state index is -0.175. The van der Waals surface area contributed by atoms with Gasteiger partial charge in [0.05, 0.1) is 0 Å². The number of nitrogens with one attached hydrogen (secondary N) is 1. The first kappa shape index (κ1) is 14.5. The Morgan fingerprint density at radius 3 is 2.53 bits per heavy atom. The van der Waals surface area contributed by atoms with E-state index >= 15 is 0 Å². The van der Waals surface area contributed by atoms with Crippen molar-refractivity contribution in [3.05, 3.63) is 69.0 Å². The predicted octanol–water partition coefficient (Wildman–Crippen LogP) is 4.32. The van der Waals surface area contributed by atoms with Crippen LogP contribution in [0.1, 0.15) is 23.6 Å². The predicted molar refractivity (Wildman–Crippen MR) is 85.7 cm³/mol. The maximum atomic E-state index is 13.1. The van der Waals surface area contributed by atoms with Gasteiger partial charge in [-0.2, -0.15) is 0 Å². The highest BCUT2D eigenvalue weighted by molar-refractivity contribution is 14.1. The van der Waals surface area contributed by atoms with E-state index in [1.165, 1.54) is 17.2 Å². The molecule has 0 radical (unpaired) electrons. The van der Waals surface area contributed by atoms with Gasteiger partial charge in [-0.05, 0) is 65.7 Å². The van der Waals surface area contributed by atoms with E-state index in [1.807, 2.05) is 19.2 Å². The van der Waals surface area contributed by atoms with Crippen LogP contribution < -0.4 is 5.32 Å². The molecule has 0 fully saturated rings. The molecule has 2 aromatic carbocycles. The highest BCUT2D eigenvalue weighted by atomic mass is 127. The lowest BCUT2D eigenvalue weighted by Gasteiger charge is -2.18. The van der Waals surface area contributed by atoms with E-state index in [1.54, 1.807) is 6.07 Å². The summed E-state index contributed by atoms with van der Waals surface area (Å²) >= 11 is 2.20. The molecular weight excluding hydrogens is 352 g/mol. The summed E-state index contributed by atoms with van der Waals surface area (Å²) in [5, 5.41) is 3.32. The van der Waals surface area contributed by atoms with Gasteiger partial charge in [-0.3, -0.25) is 0 Å². The highest BCUT2D eigenvalue weighted by Gasteiger charge is 2.13. The average Bonchev–Trinajstić information content (AvgIpc) is 2.42. The first-order chi connectivity index (χ1) is 9.20. The third-order valence-electron chi connectivity index (χ3n) is 3.25. The molecule has 2 aromatic rings. The molecule has 0 aliphatic rings. The van der Waals surface area contributed by atoms with Gasteiger partial charge in [0.1, 0.15) is 5.82 Å². The fraction of sp³-hybridized carbons (Fsp3) is 0.250. The number of benzene rings is 2. The van der Waals surface area contributed by atoms with Crippen molar-refractivity contribution in [3.8, 4) is 0 Å². The lowest BCUT2D eigenvalue weighted by Crippen LogP contribution is -2.18.